The molecule has 5 N–H and O–H groups in total. The normalized spacial score (nSPS) is 11.2. The van der Waals surface area contributed by atoms with Crippen LogP contribution in [0.4, 0.5) is 0 Å². The van der Waals surface area contributed by atoms with Gasteiger partial charge in [0.15, 0.2) is 0 Å². The molecule has 1 rings (SSSR count). The number of hydrogen-bond acceptors (Lipinski definition) is 3. The largest absolute Gasteiger partial charge is 0.477 e. The van der Waals surface area contributed by atoms with Crippen LogP contribution in [0, 0.1) is 0 Å². The zero-order chi connectivity index (χ0) is 12.1. The molecule has 0 saturated carbocycles. The van der Waals surface area contributed by atoms with E-state index in [-0.39, 0.29) is 0 Å². The average molecular weight is 220 g/mol. The molecule has 0 fully saturated rings. The van der Waals surface area contributed by atoms with Crippen LogP contribution in [0.15, 0.2) is 29.8 Å². The molecule has 1 amide bonds. The molecule has 1 aromatic carbocycles. The summed E-state index contributed by atoms with van der Waals surface area (Å²) < 4.78 is 0. The highest BCUT2D eigenvalue weighted by molar-refractivity contribution is 6.18. The van der Waals surface area contributed by atoms with Crippen molar-refractivity contribution in [2.24, 2.45) is 11.5 Å². The van der Waals surface area contributed by atoms with Gasteiger partial charge in [-0.05, 0) is 17.2 Å². The minimum absolute atomic E-state index is 0.408. The molecule has 0 aliphatic rings. The van der Waals surface area contributed by atoms with Crippen molar-refractivity contribution in [3.05, 3.63) is 41.0 Å². The van der Waals surface area contributed by atoms with E-state index in [0.29, 0.717) is 12.1 Å². The third-order valence-corrected chi connectivity index (χ3v) is 2.02. The predicted molar refractivity (Wildman–Crippen MR) is 59.1 cm³/mol. The Labute approximate surface area is 92.4 Å². The van der Waals surface area contributed by atoms with E-state index in [9.17, 15) is 9.59 Å². The molecule has 0 bridgehead atoms. The number of hydrogen-bond donors (Lipinski definition) is 3. The summed E-state index contributed by atoms with van der Waals surface area (Å²) in [6.45, 7) is 0.408. The van der Waals surface area contributed by atoms with E-state index in [0.717, 1.165) is 5.56 Å². The fourth-order valence-electron chi connectivity index (χ4n) is 1.15. The third-order valence-electron chi connectivity index (χ3n) is 2.02. The van der Waals surface area contributed by atoms with Gasteiger partial charge in [-0.1, -0.05) is 24.3 Å². The quantitative estimate of drug-likeness (QED) is 0.380. The number of carbonyl (C=O) groups is 2. The maximum absolute atomic E-state index is 10.8. The maximum Gasteiger partial charge on any atom is 0.341 e. The molecular formula is C11H12N2O3. The zero-order valence-electron chi connectivity index (χ0n) is 8.51. The van der Waals surface area contributed by atoms with E-state index in [4.69, 9.17) is 16.6 Å². The topological polar surface area (TPSA) is 106 Å². The lowest BCUT2D eigenvalue weighted by Gasteiger charge is -1.99. The molecule has 0 atom stereocenters. The van der Waals surface area contributed by atoms with Gasteiger partial charge in [-0.25, -0.2) is 4.79 Å². The highest BCUT2D eigenvalue weighted by Crippen LogP contribution is 2.09. The molecular weight excluding hydrogens is 208 g/mol. The second kappa shape index (κ2) is 5.09. The van der Waals surface area contributed by atoms with Crippen molar-refractivity contribution in [1.29, 1.82) is 0 Å². The highest BCUT2D eigenvalue weighted by Gasteiger charge is 2.13. The Hall–Kier alpha value is -2.14. The average Bonchev–Trinajstić information content (AvgIpc) is 2.25. The fraction of sp³-hybridized carbons (Fsp3) is 0.0909. The smallest absolute Gasteiger partial charge is 0.341 e. The molecule has 0 radical (unpaired) electrons. The van der Waals surface area contributed by atoms with Crippen molar-refractivity contribution in [1.82, 2.24) is 0 Å². The van der Waals surface area contributed by atoms with Crippen molar-refractivity contribution < 1.29 is 14.7 Å². The number of carbonyl (C=O) groups excluding carboxylic acids is 1. The Morgan fingerprint density at radius 2 is 1.81 bits per heavy atom. The van der Waals surface area contributed by atoms with Crippen LogP contribution in [0.5, 0.6) is 0 Å². The summed E-state index contributed by atoms with van der Waals surface area (Å²) in [6, 6.07) is 6.86. The Kier molecular flexibility index (Phi) is 3.79. The minimum atomic E-state index is -1.34. The van der Waals surface area contributed by atoms with Crippen LogP contribution in [-0.4, -0.2) is 17.0 Å². The summed E-state index contributed by atoms with van der Waals surface area (Å²) in [7, 11) is 0. The monoisotopic (exact) mass is 220 g/mol. The molecule has 0 saturated heterocycles. The summed E-state index contributed by atoms with van der Waals surface area (Å²) in [4.78, 5) is 21.5. The first kappa shape index (κ1) is 11.9. The van der Waals surface area contributed by atoms with E-state index in [2.05, 4.69) is 0 Å². The summed E-state index contributed by atoms with van der Waals surface area (Å²) >= 11 is 0. The van der Waals surface area contributed by atoms with Crippen molar-refractivity contribution >= 4 is 18.0 Å². The second-order valence-corrected chi connectivity index (χ2v) is 3.17. The number of benzene rings is 1. The van der Waals surface area contributed by atoms with Gasteiger partial charge in [-0.3, -0.25) is 4.79 Å². The number of rotatable bonds is 4. The van der Waals surface area contributed by atoms with Crippen LogP contribution in [0.3, 0.4) is 0 Å². The molecule has 0 aliphatic heterocycles. The molecule has 0 unspecified atom stereocenters. The van der Waals surface area contributed by atoms with E-state index < -0.39 is 17.4 Å². The number of primary amides is 1. The van der Waals surface area contributed by atoms with Crippen LogP contribution < -0.4 is 11.5 Å². The first-order valence-corrected chi connectivity index (χ1v) is 4.58. The van der Waals surface area contributed by atoms with Gasteiger partial charge in [0, 0.05) is 6.54 Å². The zero-order valence-corrected chi connectivity index (χ0v) is 8.51. The standard InChI is InChI=1S/C11H12N2O3/c12-6-8-3-1-7(2-4-8)5-9(10(13)14)11(15)16/h1-5H,6,12H2,(H2,13,14)(H,15,16). The van der Waals surface area contributed by atoms with Gasteiger partial charge < -0.3 is 16.6 Å². The molecule has 84 valence electrons. The maximum atomic E-state index is 10.8. The summed E-state index contributed by atoms with van der Waals surface area (Å²) in [5.41, 5.74) is 11.4. The Morgan fingerprint density at radius 3 is 2.19 bits per heavy atom. The Balaban J connectivity index is 3.04. The lowest BCUT2D eigenvalue weighted by molar-refractivity contribution is -0.134. The van der Waals surface area contributed by atoms with Gasteiger partial charge in [0.1, 0.15) is 5.57 Å². The molecule has 0 aliphatic carbocycles. The van der Waals surface area contributed by atoms with Crippen molar-refractivity contribution in [2.75, 3.05) is 0 Å². The van der Waals surface area contributed by atoms with Gasteiger partial charge >= 0.3 is 5.97 Å². The number of carboxylic acids is 1. The number of carboxylic acid groups (broad SMARTS) is 1. The lowest BCUT2D eigenvalue weighted by atomic mass is 10.1. The lowest BCUT2D eigenvalue weighted by Crippen LogP contribution is -2.20. The first-order valence-electron chi connectivity index (χ1n) is 4.58. The van der Waals surface area contributed by atoms with E-state index in [1.54, 1.807) is 24.3 Å². The van der Waals surface area contributed by atoms with Crippen LogP contribution in [0.1, 0.15) is 11.1 Å². The van der Waals surface area contributed by atoms with Gasteiger partial charge in [-0.15, -0.1) is 0 Å². The predicted octanol–water partition coefficient (Wildman–Crippen LogP) is 0.0986. The Morgan fingerprint density at radius 1 is 1.25 bits per heavy atom. The molecule has 0 heterocycles. The van der Waals surface area contributed by atoms with Gasteiger partial charge in [0.25, 0.3) is 5.91 Å². The Bertz CT molecular complexity index is 419. The van der Waals surface area contributed by atoms with Crippen molar-refractivity contribution in [2.45, 2.75) is 6.54 Å². The van der Waals surface area contributed by atoms with Crippen molar-refractivity contribution in [3.63, 3.8) is 0 Å². The van der Waals surface area contributed by atoms with E-state index in [1.165, 1.54) is 6.08 Å². The van der Waals surface area contributed by atoms with E-state index >= 15 is 0 Å². The summed E-state index contributed by atoms with van der Waals surface area (Å²) in [5, 5.41) is 8.72. The highest BCUT2D eigenvalue weighted by atomic mass is 16.4. The second-order valence-electron chi connectivity index (χ2n) is 3.17. The van der Waals surface area contributed by atoms with E-state index in [1.807, 2.05) is 0 Å². The summed E-state index contributed by atoms with van der Waals surface area (Å²) in [5.74, 6) is -2.30. The molecule has 0 spiro atoms. The van der Waals surface area contributed by atoms with Crippen molar-refractivity contribution in [3.8, 4) is 0 Å². The fourth-order valence-corrected chi connectivity index (χ4v) is 1.15. The van der Waals surface area contributed by atoms with Crippen LogP contribution >= 0.6 is 0 Å². The van der Waals surface area contributed by atoms with Gasteiger partial charge in [0.05, 0.1) is 0 Å². The van der Waals surface area contributed by atoms with Crippen LogP contribution in [-0.2, 0) is 16.1 Å². The molecule has 5 nitrogen and oxygen atoms in total. The third kappa shape index (κ3) is 2.93. The van der Waals surface area contributed by atoms with Crippen LogP contribution in [0.2, 0.25) is 0 Å². The van der Waals surface area contributed by atoms with Gasteiger partial charge in [-0.2, -0.15) is 0 Å². The minimum Gasteiger partial charge on any atom is -0.477 e. The van der Waals surface area contributed by atoms with Gasteiger partial charge in [0.2, 0.25) is 0 Å². The summed E-state index contributed by atoms with van der Waals surface area (Å²) in [6.07, 6.45) is 1.23. The molecule has 5 heteroatoms. The molecule has 16 heavy (non-hydrogen) atoms. The first-order chi connectivity index (χ1) is 7.54. The number of amides is 1. The van der Waals surface area contributed by atoms with Crippen LogP contribution in [0.25, 0.3) is 6.08 Å². The molecule has 0 aromatic heterocycles. The number of nitrogens with two attached hydrogens (primary N) is 2. The number of aliphatic carboxylic acids is 1. The molecule has 1 aromatic rings. The SMILES string of the molecule is NCc1ccc(C=C(C(N)=O)C(=O)O)cc1.